The SMILES string of the molecule is CC(C)SCc1noc(CNc2ccc(Cl)cc2)n1. The molecule has 0 aliphatic carbocycles. The summed E-state index contributed by atoms with van der Waals surface area (Å²) in [4.78, 5) is 4.33. The summed E-state index contributed by atoms with van der Waals surface area (Å²) in [5, 5.41) is 8.43. The molecule has 0 aliphatic rings. The second-order valence-corrected chi connectivity index (χ2v) is 6.33. The van der Waals surface area contributed by atoms with Crippen LogP contribution in [0.3, 0.4) is 0 Å². The van der Waals surface area contributed by atoms with E-state index in [-0.39, 0.29) is 0 Å². The van der Waals surface area contributed by atoms with E-state index in [4.69, 9.17) is 16.1 Å². The average Bonchev–Trinajstić information content (AvgIpc) is 2.84. The molecule has 0 fully saturated rings. The first-order chi connectivity index (χ1) is 9.13. The third kappa shape index (κ3) is 4.76. The van der Waals surface area contributed by atoms with Crippen LogP contribution in [0.25, 0.3) is 0 Å². The fourth-order valence-electron chi connectivity index (χ4n) is 1.41. The zero-order valence-corrected chi connectivity index (χ0v) is 12.5. The van der Waals surface area contributed by atoms with Crippen molar-refractivity contribution in [1.82, 2.24) is 10.1 Å². The van der Waals surface area contributed by atoms with Crippen LogP contribution >= 0.6 is 23.4 Å². The van der Waals surface area contributed by atoms with Crippen molar-refractivity contribution in [2.75, 3.05) is 5.32 Å². The Hall–Kier alpha value is -1.20. The highest BCUT2D eigenvalue weighted by molar-refractivity contribution is 7.99. The minimum atomic E-state index is 0.515. The first-order valence-electron chi connectivity index (χ1n) is 6.06. The van der Waals surface area contributed by atoms with Gasteiger partial charge in [-0.2, -0.15) is 16.7 Å². The van der Waals surface area contributed by atoms with Crippen molar-refractivity contribution in [3.05, 3.63) is 41.0 Å². The molecule has 19 heavy (non-hydrogen) atoms. The molecule has 0 saturated heterocycles. The molecule has 0 amide bonds. The van der Waals surface area contributed by atoms with Crippen LogP contribution in [-0.2, 0) is 12.3 Å². The highest BCUT2D eigenvalue weighted by Crippen LogP contribution is 2.16. The first kappa shape index (κ1) is 14.2. The Kier molecular flexibility index (Phi) is 5.10. The quantitative estimate of drug-likeness (QED) is 0.874. The number of benzene rings is 1. The second kappa shape index (κ2) is 6.82. The van der Waals surface area contributed by atoms with Crippen LogP contribution in [0, 0.1) is 0 Å². The van der Waals surface area contributed by atoms with Gasteiger partial charge in [0.15, 0.2) is 5.82 Å². The molecule has 0 spiro atoms. The first-order valence-corrected chi connectivity index (χ1v) is 7.48. The summed E-state index contributed by atoms with van der Waals surface area (Å²) >= 11 is 7.62. The number of halogens is 1. The lowest BCUT2D eigenvalue weighted by Crippen LogP contribution is -1.99. The van der Waals surface area contributed by atoms with Crippen LogP contribution in [0.1, 0.15) is 25.6 Å². The number of hydrogen-bond acceptors (Lipinski definition) is 5. The highest BCUT2D eigenvalue weighted by Gasteiger charge is 2.07. The fourth-order valence-corrected chi connectivity index (χ4v) is 2.13. The van der Waals surface area contributed by atoms with Crippen molar-refractivity contribution in [3.63, 3.8) is 0 Å². The third-order valence-electron chi connectivity index (χ3n) is 2.34. The lowest BCUT2D eigenvalue weighted by Gasteiger charge is -2.02. The van der Waals surface area contributed by atoms with Gasteiger partial charge in [-0.05, 0) is 29.5 Å². The predicted octanol–water partition coefficient (Wildman–Crippen LogP) is 3.98. The summed E-state index contributed by atoms with van der Waals surface area (Å²) in [6.07, 6.45) is 0. The van der Waals surface area contributed by atoms with Crippen LogP contribution < -0.4 is 5.32 Å². The molecule has 102 valence electrons. The summed E-state index contributed by atoms with van der Waals surface area (Å²) < 4.78 is 5.18. The Bertz CT molecular complexity index is 513. The standard InChI is InChI=1S/C13H16ClN3OS/c1-9(2)19-8-12-16-13(18-17-12)7-15-11-5-3-10(14)4-6-11/h3-6,9,15H,7-8H2,1-2H3. The van der Waals surface area contributed by atoms with E-state index in [9.17, 15) is 0 Å². The zero-order chi connectivity index (χ0) is 13.7. The largest absolute Gasteiger partial charge is 0.376 e. The summed E-state index contributed by atoms with van der Waals surface area (Å²) in [7, 11) is 0. The third-order valence-corrected chi connectivity index (χ3v) is 3.69. The molecule has 0 saturated carbocycles. The van der Waals surface area contributed by atoms with E-state index in [1.807, 2.05) is 24.3 Å². The van der Waals surface area contributed by atoms with Gasteiger partial charge in [0.05, 0.1) is 12.3 Å². The number of aromatic nitrogens is 2. The zero-order valence-electron chi connectivity index (χ0n) is 10.9. The van der Waals surface area contributed by atoms with Crippen LogP contribution in [0.2, 0.25) is 5.02 Å². The van der Waals surface area contributed by atoms with Gasteiger partial charge in [-0.3, -0.25) is 0 Å². The molecule has 1 N–H and O–H groups in total. The van der Waals surface area contributed by atoms with Crippen molar-refractivity contribution >= 4 is 29.1 Å². The number of nitrogens with one attached hydrogen (secondary N) is 1. The van der Waals surface area contributed by atoms with Gasteiger partial charge in [-0.15, -0.1) is 0 Å². The minimum Gasteiger partial charge on any atom is -0.376 e. The smallest absolute Gasteiger partial charge is 0.245 e. The minimum absolute atomic E-state index is 0.515. The van der Waals surface area contributed by atoms with Gasteiger partial charge in [-0.25, -0.2) is 0 Å². The lowest BCUT2D eigenvalue weighted by atomic mass is 10.3. The van der Waals surface area contributed by atoms with Gasteiger partial charge in [0, 0.05) is 10.7 Å². The summed E-state index contributed by atoms with van der Waals surface area (Å²) in [6.45, 7) is 4.81. The van der Waals surface area contributed by atoms with Crippen LogP contribution in [0.5, 0.6) is 0 Å². The average molecular weight is 298 g/mol. The van der Waals surface area contributed by atoms with E-state index in [1.165, 1.54) is 0 Å². The fraction of sp³-hybridized carbons (Fsp3) is 0.385. The van der Waals surface area contributed by atoms with Crippen molar-refractivity contribution in [3.8, 4) is 0 Å². The van der Waals surface area contributed by atoms with Gasteiger partial charge < -0.3 is 9.84 Å². The Morgan fingerprint density at radius 1 is 1.32 bits per heavy atom. The van der Waals surface area contributed by atoms with E-state index in [0.29, 0.717) is 17.7 Å². The van der Waals surface area contributed by atoms with E-state index in [2.05, 4.69) is 29.3 Å². The van der Waals surface area contributed by atoms with Crippen LogP contribution in [0.4, 0.5) is 5.69 Å². The van der Waals surface area contributed by atoms with E-state index in [0.717, 1.165) is 22.3 Å². The molecule has 0 bridgehead atoms. The van der Waals surface area contributed by atoms with Gasteiger partial charge in [0.25, 0.3) is 0 Å². The van der Waals surface area contributed by atoms with Gasteiger partial charge >= 0.3 is 0 Å². The van der Waals surface area contributed by atoms with Crippen molar-refractivity contribution in [1.29, 1.82) is 0 Å². The highest BCUT2D eigenvalue weighted by atomic mass is 35.5. The predicted molar refractivity (Wildman–Crippen MR) is 79.5 cm³/mol. The molecule has 1 aromatic heterocycles. The maximum absolute atomic E-state index is 5.82. The van der Waals surface area contributed by atoms with Crippen molar-refractivity contribution in [2.45, 2.75) is 31.4 Å². The Morgan fingerprint density at radius 3 is 2.74 bits per heavy atom. The van der Waals surface area contributed by atoms with Crippen LogP contribution in [0.15, 0.2) is 28.8 Å². The Morgan fingerprint density at radius 2 is 2.05 bits per heavy atom. The maximum atomic E-state index is 5.82. The molecule has 1 heterocycles. The second-order valence-electron chi connectivity index (χ2n) is 4.32. The topological polar surface area (TPSA) is 51.0 Å². The molecule has 1 aromatic carbocycles. The van der Waals surface area contributed by atoms with Crippen molar-refractivity contribution < 1.29 is 4.52 Å². The number of nitrogens with zero attached hydrogens (tertiary/aromatic N) is 2. The Labute approximate surface area is 121 Å². The molecule has 0 radical (unpaired) electrons. The van der Waals surface area contributed by atoms with Gasteiger partial charge in [0.1, 0.15) is 0 Å². The molecular weight excluding hydrogens is 282 g/mol. The molecule has 0 aliphatic heterocycles. The van der Waals surface area contributed by atoms with Gasteiger partial charge in [-0.1, -0.05) is 30.6 Å². The molecule has 0 atom stereocenters. The molecule has 4 nitrogen and oxygen atoms in total. The van der Waals surface area contributed by atoms with E-state index >= 15 is 0 Å². The lowest BCUT2D eigenvalue weighted by molar-refractivity contribution is 0.379. The van der Waals surface area contributed by atoms with Crippen LogP contribution in [-0.4, -0.2) is 15.4 Å². The number of thioether (sulfide) groups is 1. The molecule has 2 rings (SSSR count). The maximum Gasteiger partial charge on any atom is 0.245 e. The van der Waals surface area contributed by atoms with E-state index in [1.54, 1.807) is 11.8 Å². The summed E-state index contributed by atoms with van der Waals surface area (Å²) in [6, 6.07) is 7.49. The van der Waals surface area contributed by atoms with Crippen molar-refractivity contribution in [2.24, 2.45) is 0 Å². The summed E-state index contributed by atoms with van der Waals surface area (Å²) in [5.74, 6) is 2.11. The molecular formula is C13H16ClN3OS. The Balaban J connectivity index is 1.84. The van der Waals surface area contributed by atoms with E-state index < -0.39 is 0 Å². The monoisotopic (exact) mass is 297 g/mol. The number of hydrogen-bond donors (Lipinski definition) is 1. The number of rotatable bonds is 6. The summed E-state index contributed by atoms with van der Waals surface area (Å²) in [5.41, 5.74) is 0.973. The molecule has 6 heteroatoms. The van der Waals surface area contributed by atoms with Gasteiger partial charge in [0.2, 0.25) is 5.89 Å². The molecule has 0 unspecified atom stereocenters. The number of anilines is 1. The normalized spacial score (nSPS) is 10.9. The molecule has 2 aromatic rings.